The molecule has 0 aliphatic heterocycles. The van der Waals surface area contributed by atoms with Crippen LogP contribution in [0.4, 0.5) is 5.69 Å². The molecule has 1 aliphatic carbocycles. The summed E-state index contributed by atoms with van der Waals surface area (Å²) in [7, 11) is 2.02. The second kappa shape index (κ2) is 8.50. The lowest BCUT2D eigenvalue weighted by atomic mass is 9.80. The zero-order chi connectivity index (χ0) is 17.7. The number of pyridine rings is 1. The molecule has 4 heteroatoms. The van der Waals surface area contributed by atoms with E-state index in [9.17, 15) is 0 Å². The zero-order valence-corrected chi connectivity index (χ0v) is 16.2. The fourth-order valence-electron chi connectivity index (χ4n) is 3.19. The molecule has 0 atom stereocenters. The molecule has 1 saturated carbocycles. The van der Waals surface area contributed by atoms with Crippen molar-refractivity contribution < 1.29 is 4.74 Å². The third kappa shape index (κ3) is 4.96. The van der Waals surface area contributed by atoms with E-state index in [4.69, 9.17) is 4.74 Å². The van der Waals surface area contributed by atoms with Gasteiger partial charge in [-0.25, -0.2) is 9.98 Å². The van der Waals surface area contributed by atoms with Crippen LogP contribution in [-0.4, -0.2) is 35.9 Å². The summed E-state index contributed by atoms with van der Waals surface area (Å²) >= 11 is 0. The molecule has 0 unspecified atom stereocenters. The van der Waals surface area contributed by atoms with Crippen LogP contribution in [0, 0.1) is 25.7 Å². The van der Waals surface area contributed by atoms with Gasteiger partial charge in [0.2, 0.25) is 5.88 Å². The minimum atomic E-state index is 0.311. The lowest BCUT2D eigenvalue weighted by Crippen LogP contribution is -2.26. The SMILES string of the molecule is CCN(C)/C=N/c1cc(C)c(O[C@H]2CC[C@H](C(C)C)CC2)nc1C. The van der Waals surface area contributed by atoms with Gasteiger partial charge in [0.15, 0.2) is 0 Å². The molecule has 1 aromatic rings. The Balaban J connectivity index is 2.02. The van der Waals surface area contributed by atoms with E-state index in [-0.39, 0.29) is 0 Å². The Labute approximate surface area is 147 Å². The van der Waals surface area contributed by atoms with Crippen LogP contribution in [0.15, 0.2) is 11.1 Å². The van der Waals surface area contributed by atoms with Crippen molar-refractivity contribution >= 4 is 12.0 Å². The fraction of sp³-hybridized carbons (Fsp3) is 0.700. The number of hydrogen-bond acceptors (Lipinski definition) is 3. The first kappa shape index (κ1) is 18.8. The van der Waals surface area contributed by atoms with Crippen molar-refractivity contribution in [1.82, 2.24) is 9.88 Å². The monoisotopic (exact) mass is 331 g/mol. The quantitative estimate of drug-likeness (QED) is 0.549. The molecule has 4 nitrogen and oxygen atoms in total. The summed E-state index contributed by atoms with van der Waals surface area (Å²) in [6.45, 7) is 11.8. The van der Waals surface area contributed by atoms with Gasteiger partial charge in [-0.05, 0) is 64.4 Å². The number of rotatable bonds is 6. The van der Waals surface area contributed by atoms with Crippen LogP contribution in [-0.2, 0) is 0 Å². The van der Waals surface area contributed by atoms with Gasteiger partial charge >= 0.3 is 0 Å². The van der Waals surface area contributed by atoms with Crippen molar-refractivity contribution in [2.45, 2.75) is 66.4 Å². The molecule has 1 fully saturated rings. The number of aromatic nitrogens is 1. The smallest absolute Gasteiger partial charge is 0.216 e. The molecule has 0 aromatic carbocycles. The summed E-state index contributed by atoms with van der Waals surface area (Å²) in [5.41, 5.74) is 2.91. The average Bonchev–Trinajstić information content (AvgIpc) is 2.56. The molecular weight excluding hydrogens is 298 g/mol. The number of aryl methyl sites for hydroxylation is 2. The maximum absolute atomic E-state index is 6.22. The largest absolute Gasteiger partial charge is 0.474 e. The van der Waals surface area contributed by atoms with Crippen LogP contribution >= 0.6 is 0 Å². The topological polar surface area (TPSA) is 37.7 Å². The van der Waals surface area contributed by atoms with Crippen LogP contribution in [0.3, 0.4) is 0 Å². The lowest BCUT2D eigenvalue weighted by molar-refractivity contribution is 0.111. The normalized spacial score (nSPS) is 21.5. The van der Waals surface area contributed by atoms with Gasteiger partial charge in [-0.3, -0.25) is 0 Å². The molecule has 0 radical (unpaired) electrons. The van der Waals surface area contributed by atoms with Crippen LogP contribution in [0.25, 0.3) is 0 Å². The molecule has 1 heterocycles. The number of aliphatic imine (C=N–C) groups is 1. The van der Waals surface area contributed by atoms with E-state index in [1.54, 1.807) is 0 Å². The highest BCUT2D eigenvalue weighted by atomic mass is 16.5. The van der Waals surface area contributed by atoms with Crippen LogP contribution < -0.4 is 4.74 Å². The van der Waals surface area contributed by atoms with Crippen molar-refractivity contribution in [2.75, 3.05) is 13.6 Å². The van der Waals surface area contributed by atoms with Gasteiger partial charge in [0.05, 0.1) is 17.7 Å². The third-order valence-corrected chi connectivity index (χ3v) is 5.16. The third-order valence-electron chi connectivity index (χ3n) is 5.16. The van der Waals surface area contributed by atoms with Gasteiger partial charge in [0.1, 0.15) is 6.10 Å². The Morgan fingerprint density at radius 2 is 1.96 bits per heavy atom. The highest BCUT2D eigenvalue weighted by molar-refractivity contribution is 5.62. The predicted octanol–water partition coefficient (Wildman–Crippen LogP) is 4.90. The molecule has 0 N–H and O–H groups in total. The van der Waals surface area contributed by atoms with Crippen molar-refractivity contribution in [3.63, 3.8) is 0 Å². The minimum Gasteiger partial charge on any atom is -0.474 e. The van der Waals surface area contributed by atoms with Crippen LogP contribution in [0.2, 0.25) is 0 Å². The van der Waals surface area contributed by atoms with Crippen LogP contribution in [0.5, 0.6) is 5.88 Å². The number of hydrogen-bond donors (Lipinski definition) is 0. The van der Waals surface area contributed by atoms with Crippen molar-refractivity contribution in [3.05, 3.63) is 17.3 Å². The van der Waals surface area contributed by atoms with E-state index in [1.165, 1.54) is 12.8 Å². The van der Waals surface area contributed by atoms with Gasteiger partial charge in [0.25, 0.3) is 0 Å². The summed E-state index contributed by atoms with van der Waals surface area (Å²) in [5.74, 6) is 2.42. The maximum atomic E-state index is 6.22. The van der Waals surface area contributed by atoms with Gasteiger partial charge < -0.3 is 9.64 Å². The van der Waals surface area contributed by atoms with Gasteiger partial charge in [0, 0.05) is 19.2 Å². The second-order valence-electron chi connectivity index (χ2n) is 7.43. The maximum Gasteiger partial charge on any atom is 0.216 e. The highest BCUT2D eigenvalue weighted by Crippen LogP contribution is 2.33. The molecule has 24 heavy (non-hydrogen) atoms. The Hall–Kier alpha value is -1.58. The molecule has 0 bridgehead atoms. The van der Waals surface area contributed by atoms with E-state index < -0.39 is 0 Å². The minimum absolute atomic E-state index is 0.311. The molecule has 2 rings (SSSR count). The molecular formula is C20H33N3O. The molecule has 0 saturated heterocycles. The van der Waals surface area contributed by atoms with Gasteiger partial charge in [-0.2, -0.15) is 0 Å². The molecule has 1 aromatic heterocycles. The molecule has 1 aliphatic rings. The summed E-state index contributed by atoms with van der Waals surface area (Å²) < 4.78 is 6.22. The molecule has 0 spiro atoms. The Kier molecular flexibility index (Phi) is 6.64. The van der Waals surface area contributed by atoms with Crippen LogP contribution in [0.1, 0.15) is 57.7 Å². The Bertz CT molecular complexity index is 560. The summed E-state index contributed by atoms with van der Waals surface area (Å²) in [6.07, 6.45) is 7.00. The van der Waals surface area contributed by atoms with E-state index in [0.717, 1.165) is 54.0 Å². The summed E-state index contributed by atoms with van der Waals surface area (Å²) in [6, 6.07) is 2.08. The first-order valence-electron chi connectivity index (χ1n) is 9.30. The van der Waals surface area contributed by atoms with Gasteiger partial charge in [-0.15, -0.1) is 0 Å². The lowest BCUT2D eigenvalue weighted by Gasteiger charge is -2.31. The molecule has 0 amide bonds. The van der Waals surface area contributed by atoms with Crippen molar-refractivity contribution in [1.29, 1.82) is 0 Å². The van der Waals surface area contributed by atoms with Crippen molar-refractivity contribution in [2.24, 2.45) is 16.8 Å². The molecule has 134 valence electrons. The second-order valence-corrected chi connectivity index (χ2v) is 7.43. The van der Waals surface area contributed by atoms with Crippen molar-refractivity contribution in [3.8, 4) is 5.88 Å². The fourth-order valence-corrected chi connectivity index (χ4v) is 3.19. The Morgan fingerprint density at radius 1 is 1.29 bits per heavy atom. The first-order valence-corrected chi connectivity index (χ1v) is 9.30. The summed E-state index contributed by atoms with van der Waals surface area (Å²) in [5, 5.41) is 0. The first-order chi connectivity index (χ1) is 11.4. The predicted molar refractivity (Wildman–Crippen MR) is 101 cm³/mol. The van der Waals surface area contributed by atoms with E-state index in [2.05, 4.69) is 43.7 Å². The number of nitrogens with zero attached hydrogens (tertiary/aromatic N) is 3. The zero-order valence-electron chi connectivity index (χ0n) is 16.2. The van der Waals surface area contributed by atoms with E-state index in [1.807, 2.05) is 25.2 Å². The number of ether oxygens (including phenoxy) is 1. The Morgan fingerprint density at radius 3 is 2.54 bits per heavy atom. The summed E-state index contributed by atoms with van der Waals surface area (Å²) in [4.78, 5) is 11.3. The van der Waals surface area contributed by atoms with E-state index in [0.29, 0.717) is 6.10 Å². The highest BCUT2D eigenvalue weighted by Gasteiger charge is 2.25. The standard InChI is InChI=1S/C20H33N3O/c1-7-23(6)13-21-19-12-15(4)20(22-16(19)5)24-18-10-8-17(9-11-18)14(2)3/h12-14,17-18H,7-11H2,1-6H3/b21-13+/t17-,18-. The van der Waals surface area contributed by atoms with Gasteiger partial charge in [-0.1, -0.05) is 13.8 Å². The average molecular weight is 332 g/mol. The van der Waals surface area contributed by atoms with E-state index >= 15 is 0 Å².